The van der Waals surface area contributed by atoms with Crippen LogP contribution < -0.4 is 16.4 Å². The van der Waals surface area contributed by atoms with E-state index in [2.05, 4.69) is 20.6 Å². The largest absolute Gasteiger partial charge is 0.368 e. The summed E-state index contributed by atoms with van der Waals surface area (Å²) in [5.74, 6) is -2.07. The number of nitrogens with two attached hydrogens (primary N) is 1. The summed E-state index contributed by atoms with van der Waals surface area (Å²) in [5.41, 5.74) is 7.08. The molecule has 0 spiro atoms. The molecule has 3 heterocycles. The fraction of sp³-hybridized carbons (Fsp3) is 0.409. The second-order valence-electron chi connectivity index (χ2n) is 8.22. The number of nitrogens with zero attached hydrogens (tertiary/aromatic N) is 2. The third kappa shape index (κ3) is 4.48. The van der Waals surface area contributed by atoms with Gasteiger partial charge in [-0.15, -0.1) is 0 Å². The Morgan fingerprint density at radius 3 is 2.69 bits per heavy atom. The van der Waals surface area contributed by atoms with E-state index >= 15 is 0 Å². The predicted octanol–water partition coefficient (Wildman–Crippen LogP) is -0.729. The number of aromatic nitrogens is 2. The number of carbonyl (C=O) groups excluding carboxylic acids is 4. The van der Waals surface area contributed by atoms with E-state index in [1.807, 2.05) is 30.3 Å². The number of β-lactam (4-membered cyclic amide) rings is 1. The molecule has 4 atom stereocenters. The molecule has 0 radical (unpaired) electrons. The maximum Gasteiger partial charge on any atom is 0.246 e. The lowest BCUT2D eigenvalue weighted by Gasteiger charge is -2.37. The standard InChI is InChI=1S/C22H26N6O4/c23-19(29)17-7-4-8-28(17)22(32)16(10-14-11-24-12-25-14)26-21(31)18-15(20(30)27-18)9-13-5-2-1-3-6-13/h1-3,5-6,11-12,15-18H,4,7-10H2,(H2,23,29)(H,24,25)(H,26,31)(H,27,30)/t15?,16-,17-,18?/m0/s1. The summed E-state index contributed by atoms with van der Waals surface area (Å²) < 4.78 is 0. The van der Waals surface area contributed by atoms with E-state index in [1.54, 1.807) is 6.20 Å². The summed E-state index contributed by atoms with van der Waals surface area (Å²) in [6, 6.07) is 7.13. The van der Waals surface area contributed by atoms with Crippen molar-refractivity contribution in [2.75, 3.05) is 6.54 Å². The van der Waals surface area contributed by atoms with Gasteiger partial charge in [-0.25, -0.2) is 4.98 Å². The lowest BCUT2D eigenvalue weighted by molar-refractivity contribution is -0.146. The topological polar surface area (TPSA) is 150 Å². The molecule has 4 rings (SSSR count). The molecule has 2 fully saturated rings. The van der Waals surface area contributed by atoms with E-state index in [0.717, 1.165) is 5.56 Å². The first kappa shape index (κ1) is 21.5. The predicted molar refractivity (Wildman–Crippen MR) is 114 cm³/mol. The van der Waals surface area contributed by atoms with Crippen LogP contribution in [-0.2, 0) is 32.0 Å². The number of benzene rings is 1. The highest BCUT2D eigenvalue weighted by molar-refractivity contribution is 6.01. The van der Waals surface area contributed by atoms with E-state index in [1.165, 1.54) is 11.2 Å². The van der Waals surface area contributed by atoms with E-state index in [0.29, 0.717) is 31.5 Å². The minimum Gasteiger partial charge on any atom is -0.368 e. The monoisotopic (exact) mass is 438 g/mol. The van der Waals surface area contributed by atoms with Crippen LogP contribution in [0.15, 0.2) is 42.9 Å². The van der Waals surface area contributed by atoms with Crippen LogP contribution in [0.25, 0.3) is 0 Å². The molecule has 4 amide bonds. The second-order valence-corrected chi connectivity index (χ2v) is 8.22. The van der Waals surface area contributed by atoms with E-state index in [-0.39, 0.29) is 18.2 Å². The zero-order chi connectivity index (χ0) is 22.7. The van der Waals surface area contributed by atoms with Crippen LogP contribution in [-0.4, -0.2) is 63.2 Å². The van der Waals surface area contributed by atoms with Crippen molar-refractivity contribution in [1.29, 1.82) is 0 Å². The maximum atomic E-state index is 13.3. The maximum absolute atomic E-state index is 13.3. The van der Waals surface area contributed by atoms with Gasteiger partial charge in [-0.3, -0.25) is 19.2 Å². The molecule has 0 aliphatic carbocycles. The number of primary amides is 1. The Kier molecular flexibility index (Phi) is 6.20. The highest BCUT2D eigenvalue weighted by Gasteiger charge is 2.45. The van der Waals surface area contributed by atoms with Gasteiger partial charge in [-0.05, 0) is 24.8 Å². The SMILES string of the molecule is NC(=O)[C@@H]1CCCN1C(=O)[C@H](Cc1cnc[nH]1)NC(=O)C1NC(=O)C1Cc1ccccc1. The van der Waals surface area contributed by atoms with Gasteiger partial charge in [0.25, 0.3) is 0 Å². The summed E-state index contributed by atoms with van der Waals surface area (Å²) in [7, 11) is 0. The number of H-pyrrole nitrogens is 1. The molecule has 2 aromatic rings. The first-order chi connectivity index (χ1) is 15.4. The van der Waals surface area contributed by atoms with Crippen molar-refractivity contribution in [3.63, 3.8) is 0 Å². The average Bonchev–Trinajstić information content (AvgIpc) is 3.47. The van der Waals surface area contributed by atoms with Crippen LogP contribution in [0.4, 0.5) is 0 Å². The molecule has 10 heteroatoms. The fourth-order valence-electron chi connectivity index (χ4n) is 4.35. The van der Waals surface area contributed by atoms with Crippen molar-refractivity contribution in [2.45, 2.75) is 43.8 Å². The summed E-state index contributed by atoms with van der Waals surface area (Å²) in [6.45, 7) is 0.401. The van der Waals surface area contributed by atoms with Crippen molar-refractivity contribution in [1.82, 2.24) is 25.5 Å². The van der Waals surface area contributed by atoms with Gasteiger partial charge in [0.2, 0.25) is 23.6 Å². The van der Waals surface area contributed by atoms with Crippen molar-refractivity contribution >= 4 is 23.6 Å². The number of rotatable bonds is 8. The number of aromatic amines is 1. The molecule has 0 bridgehead atoms. The fourth-order valence-corrected chi connectivity index (χ4v) is 4.35. The zero-order valence-electron chi connectivity index (χ0n) is 17.5. The van der Waals surface area contributed by atoms with Crippen molar-refractivity contribution < 1.29 is 19.2 Å². The van der Waals surface area contributed by atoms with Crippen LogP contribution in [0.3, 0.4) is 0 Å². The van der Waals surface area contributed by atoms with Gasteiger partial charge in [-0.2, -0.15) is 0 Å². The number of hydrogen-bond acceptors (Lipinski definition) is 5. The number of imidazole rings is 1. The second kappa shape index (κ2) is 9.21. The third-order valence-electron chi connectivity index (χ3n) is 6.08. The normalized spacial score (nSPS) is 23.2. The van der Waals surface area contributed by atoms with Crippen LogP contribution in [0.5, 0.6) is 0 Å². The lowest BCUT2D eigenvalue weighted by atomic mass is 9.84. The molecule has 10 nitrogen and oxygen atoms in total. The molecule has 1 aromatic heterocycles. The van der Waals surface area contributed by atoms with Gasteiger partial charge in [0.05, 0.1) is 12.2 Å². The Morgan fingerprint density at radius 2 is 2.03 bits per heavy atom. The van der Waals surface area contributed by atoms with E-state index < -0.39 is 35.9 Å². The number of amides is 4. The number of carbonyl (C=O) groups is 4. The molecule has 0 saturated carbocycles. The van der Waals surface area contributed by atoms with Crippen LogP contribution in [0, 0.1) is 5.92 Å². The quantitative estimate of drug-likeness (QED) is 0.401. The molecule has 1 aromatic carbocycles. The lowest BCUT2D eigenvalue weighted by Crippen LogP contribution is -2.67. The molecular formula is C22H26N6O4. The van der Waals surface area contributed by atoms with E-state index in [9.17, 15) is 19.2 Å². The molecule has 5 N–H and O–H groups in total. The minimum atomic E-state index is -0.919. The van der Waals surface area contributed by atoms with Gasteiger partial charge in [0, 0.05) is 24.9 Å². The minimum absolute atomic E-state index is 0.177. The molecular weight excluding hydrogens is 412 g/mol. The van der Waals surface area contributed by atoms with E-state index in [4.69, 9.17) is 5.73 Å². The summed E-state index contributed by atoms with van der Waals surface area (Å²) >= 11 is 0. The van der Waals surface area contributed by atoms with Crippen molar-refractivity contribution in [2.24, 2.45) is 11.7 Å². The Labute approximate surface area is 184 Å². The molecule has 2 saturated heterocycles. The zero-order valence-corrected chi connectivity index (χ0v) is 17.5. The first-order valence-electron chi connectivity index (χ1n) is 10.7. The van der Waals surface area contributed by atoms with Gasteiger partial charge in [-0.1, -0.05) is 30.3 Å². The average molecular weight is 438 g/mol. The van der Waals surface area contributed by atoms with Crippen LogP contribution >= 0.6 is 0 Å². The molecule has 2 aliphatic heterocycles. The summed E-state index contributed by atoms with van der Waals surface area (Å²) in [6.07, 6.45) is 4.84. The van der Waals surface area contributed by atoms with Gasteiger partial charge in [0.1, 0.15) is 18.1 Å². The number of nitrogens with one attached hydrogen (secondary N) is 3. The molecule has 2 aliphatic rings. The number of likely N-dealkylation sites (tertiary alicyclic amines) is 1. The molecule has 168 valence electrons. The summed E-state index contributed by atoms with van der Waals surface area (Å²) in [5, 5.41) is 5.43. The first-order valence-corrected chi connectivity index (χ1v) is 10.7. The highest BCUT2D eigenvalue weighted by Crippen LogP contribution is 2.22. The highest BCUT2D eigenvalue weighted by atomic mass is 16.2. The van der Waals surface area contributed by atoms with Crippen LogP contribution in [0.1, 0.15) is 24.1 Å². The van der Waals surface area contributed by atoms with Crippen molar-refractivity contribution in [3.05, 3.63) is 54.1 Å². The number of hydrogen-bond donors (Lipinski definition) is 4. The third-order valence-corrected chi connectivity index (χ3v) is 6.08. The Hall–Kier alpha value is -3.69. The van der Waals surface area contributed by atoms with Crippen molar-refractivity contribution in [3.8, 4) is 0 Å². The Bertz CT molecular complexity index is 993. The molecule has 32 heavy (non-hydrogen) atoms. The van der Waals surface area contributed by atoms with Crippen LogP contribution in [0.2, 0.25) is 0 Å². The van der Waals surface area contributed by atoms with Gasteiger partial charge >= 0.3 is 0 Å². The van der Waals surface area contributed by atoms with Gasteiger partial charge < -0.3 is 26.3 Å². The molecule has 2 unspecified atom stereocenters. The Morgan fingerprint density at radius 1 is 1.25 bits per heavy atom. The smallest absolute Gasteiger partial charge is 0.246 e. The Balaban J connectivity index is 1.48. The summed E-state index contributed by atoms with van der Waals surface area (Å²) in [4.78, 5) is 58.5. The van der Waals surface area contributed by atoms with Gasteiger partial charge in [0.15, 0.2) is 0 Å².